The predicted octanol–water partition coefficient (Wildman–Crippen LogP) is 0.915. The Kier molecular flexibility index (Phi) is 5.38. The van der Waals surface area contributed by atoms with Crippen LogP contribution in [0.1, 0.15) is 23.2 Å². The van der Waals surface area contributed by atoms with Crippen LogP contribution in [-0.2, 0) is 0 Å². The van der Waals surface area contributed by atoms with Gasteiger partial charge in [-0.15, -0.1) is 0 Å². The van der Waals surface area contributed by atoms with Crippen LogP contribution >= 0.6 is 0 Å². The largest absolute Gasteiger partial charge is 0.395 e. The third-order valence-corrected chi connectivity index (χ3v) is 3.63. The summed E-state index contributed by atoms with van der Waals surface area (Å²) in [7, 11) is 2.15. The second kappa shape index (κ2) is 7.26. The minimum absolute atomic E-state index is 0.0402. The molecule has 0 unspecified atom stereocenters. The SMILES string of the molecule is CN1CCC(Nc2ccc(C(=O)NCCO)cc2)CC1. The van der Waals surface area contributed by atoms with Crippen molar-refractivity contribution in [1.29, 1.82) is 0 Å². The average Bonchev–Trinajstić information content (AvgIpc) is 2.48. The van der Waals surface area contributed by atoms with Gasteiger partial charge in [0.2, 0.25) is 0 Å². The molecule has 1 aliphatic rings. The Morgan fingerprint density at radius 1 is 1.30 bits per heavy atom. The normalized spacial score (nSPS) is 16.9. The number of likely N-dealkylation sites (tertiary alicyclic amines) is 1. The van der Waals surface area contributed by atoms with Crippen molar-refractivity contribution in [2.45, 2.75) is 18.9 Å². The summed E-state index contributed by atoms with van der Waals surface area (Å²) in [5, 5.41) is 14.8. The Labute approximate surface area is 120 Å². The molecule has 0 aliphatic carbocycles. The number of hydrogen-bond acceptors (Lipinski definition) is 4. The van der Waals surface area contributed by atoms with Gasteiger partial charge in [0.05, 0.1) is 6.61 Å². The lowest BCUT2D eigenvalue weighted by Gasteiger charge is -2.30. The number of anilines is 1. The predicted molar refractivity (Wildman–Crippen MR) is 80.0 cm³/mol. The Bertz CT molecular complexity index is 425. The van der Waals surface area contributed by atoms with Gasteiger partial charge in [-0.2, -0.15) is 0 Å². The molecule has 0 saturated carbocycles. The van der Waals surface area contributed by atoms with E-state index < -0.39 is 0 Å². The van der Waals surface area contributed by atoms with E-state index >= 15 is 0 Å². The van der Waals surface area contributed by atoms with Crippen molar-refractivity contribution in [1.82, 2.24) is 10.2 Å². The van der Waals surface area contributed by atoms with Gasteiger partial charge in [-0.25, -0.2) is 0 Å². The summed E-state index contributed by atoms with van der Waals surface area (Å²) in [6.07, 6.45) is 2.30. The fourth-order valence-electron chi connectivity index (χ4n) is 2.38. The number of hydrogen-bond donors (Lipinski definition) is 3. The number of aliphatic hydroxyl groups is 1. The number of aliphatic hydroxyl groups excluding tert-OH is 1. The minimum Gasteiger partial charge on any atom is -0.395 e. The van der Waals surface area contributed by atoms with Crippen LogP contribution in [0, 0.1) is 0 Å². The van der Waals surface area contributed by atoms with E-state index in [1.165, 1.54) is 0 Å². The highest BCUT2D eigenvalue weighted by atomic mass is 16.3. The van der Waals surface area contributed by atoms with E-state index in [0.29, 0.717) is 11.6 Å². The molecule has 0 radical (unpaired) electrons. The molecule has 110 valence electrons. The maximum Gasteiger partial charge on any atom is 0.251 e. The monoisotopic (exact) mass is 277 g/mol. The summed E-state index contributed by atoms with van der Waals surface area (Å²) in [5.74, 6) is -0.148. The number of nitrogens with zero attached hydrogens (tertiary/aromatic N) is 1. The van der Waals surface area contributed by atoms with Crippen LogP contribution in [0.4, 0.5) is 5.69 Å². The highest BCUT2D eigenvalue weighted by Gasteiger charge is 2.16. The van der Waals surface area contributed by atoms with Crippen molar-refractivity contribution in [2.24, 2.45) is 0 Å². The van der Waals surface area contributed by atoms with Crippen LogP contribution < -0.4 is 10.6 Å². The Morgan fingerprint density at radius 2 is 1.95 bits per heavy atom. The van der Waals surface area contributed by atoms with Gasteiger partial charge in [0.25, 0.3) is 5.91 Å². The zero-order valence-electron chi connectivity index (χ0n) is 11.9. The van der Waals surface area contributed by atoms with Gasteiger partial charge in [0, 0.05) is 23.8 Å². The summed E-state index contributed by atoms with van der Waals surface area (Å²) in [5.41, 5.74) is 1.67. The van der Waals surface area contributed by atoms with E-state index in [0.717, 1.165) is 31.6 Å². The average molecular weight is 277 g/mol. The zero-order valence-corrected chi connectivity index (χ0v) is 11.9. The van der Waals surface area contributed by atoms with Gasteiger partial charge >= 0.3 is 0 Å². The summed E-state index contributed by atoms with van der Waals surface area (Å²) >= 11 is 0. The lowest BCUT2D eigenvalue weighted by atomic mass is 10.0. The summed E-state index contributed by atoms with van der Waals surface area (Å²) < 4.78 is 0. The lowest BCUT2D eigenvalue weighted by molar-refractivity contribution is 0.0945. The maximum atomic E-state index is 11.7. The third kappa shape index (κ3) is 4.21. The first kappa shape index (κ1) is 14.8. The molecule has 1 aliphatic heterocycles. The van der Waals surface area contributed by atoms with Crippen molar-refractivity contribution in [3.63, 3.8) is 0 Å². The van der Waals surface area contributed by atoms with Gasteiger partial charge in [-0.3, -0.25) is 4.79 Å². The van der Waals surface area contributed by atoms with Crippen molar-refractivity contribution >= 4 is 11.6 Å². The topological polar surface area (TPSA) is 64.6 Å². The van der Waals surface area contributed by atoms with Crippen molar-refractivity contribution < 1.29 is 9.90 Å². The first-order chi connectivity index (χ1) is 9.69. The molecule has 1 amide bonds. The van der Waals surface area contributed by atoms with Gasteiger partial charge in [-0.05, 0) is 57.2 Å². The first-order valence-electron chi connectivity index (χ1n) is 7.13. The van der Waals surface area contributed by atoms with Gasteiger partial charge in [-0.1, -0.05) is 0 Å². The molecule has 1 heterocycles. The Morgan fingerprint density at radius 3 is 2.55 bits per heavy atom. The molecule has 5 nitrogen and oxygen atoms in total. The number of carbonyl (C=O) groups excluding carboxylic acids is 1. The Hall–Kier alpha value is -1.59. The first-order valence-corrected chi connectivity index (χ1v) is 7.13. The van der Waals surface area contributed by atoms with Gasteiger partial charge in [0.1, 0.15) is 0 Å². The molecule has 0 bridgehead atoms. The van der Waals surface area contributed by atoms with Crippen LogP contribution in [0.3, 0.4) is 0 Å². The molecule has 1 saturated heterocycles. The molecule has 0 atom stereocenters. The molecule has 5 heteroatoms. The van der Waals surface area contributed by atoms with Crippen LogP contribution in [0.2, 0.25) is 0 Å². The number of nitrogens with one attached hydrogen (secondary N) is 2. The number of carbonyl (C=O) groups is 1. The van der Waals surface area contributed by atoms with E-state index in [1.807, 2.05) is 24.3 Å². The molecular formula is C15H23N3O2. The fraction of sp³-hybridized carbons (Fsp3) is 0.533. The third-order valence-electron chi connectivity index (χ3n) is 3.63. The molecule has 1 fully saturated rings. The minimum atomic E-state index is -0.148. The van der Waals surface area contributed by atoms with Crippen molar-refractivity contribution in [3.8, 4) is 0 Å². The van der Waals surface area contributed by atoms with E-state index in [2.05, 4.69) is 22.6 Å². The molecule has 2 rings (SSSR count). The Balaban J connectivity index is 1.86. The summed E-state index contributed by atoms with van der Waals surface area (Å²) in [6.45, 7) is 2.49. The maximum absolute atomic E-state index is 11.7. The number of benzene rings is 1. The van der Waals surface area contributed by atoms with E-state index in [9.17, 15) is 4.79 Å². The van der Waals surface area contributed by atoms with E-state index in [-0.39, 0.29) is 19.1 Å². The molecule has 20 heavy (non-hydrogen) atoms. The van der Waals surface area contributed by atoms with E-state index in [4.69, 9.17) is 5.11 Å². The molecule has 1 aromatic rings. The summed E-state index contributed by atoms with van der Waals surface area (Å²) in [6, 6.07) is 8.01. The number of rotatable bonds is 5. The molecule has 0 spiro atoms. The number of amides is 1. The highest BCUT2D eigenvalue weighted by Crippen LogP contribution is 2.16. The van der Waals surface area contributed by atoms with Crippen LogP contribution in [0.15, 0.2) is 24.3 Å². The van der Waals surface area contributed by atoms with Crippen molar-refractivity contribution in [2.75, 3.05) is 38.6 Å². The fourth-order valence-corrected chi connectivity index (χ4v) is 2.38. The van der Waals surface area contributed by atoms with Crippen LogP contribution in [0.5, 0.6) is 0 Å². The van der Waals surface area contributed by atoms with Gasteiger partial charge < -0.3 is 20.6 Å². The zero-order chi connectivity index (χ0) is 14.4. The highest BCUT2D eigenvalue weighted by molar-refractivity contribution is 5.94. The molecule has 1 aromatic carbocycles. The molecule has 0 aromatic heterocycles. The molecule has 3 N–H and O–H groups in total. The molecular weight excluding hydrogens is 254 g/mol. The quantitative estimate of drug-likeness (QED) is 0.749. The summed E-state index contributed by atoms with van der Waals surface area (Å²) in [4.78, 5) is 14.0. The van der Waals surface area contributed by atoms with Crippen LogP contribution in [0.25, 0.3) is 0 Å². The van der Waals surface area contributed by atoms with Crippen molar-refractivity contribution in [3.05, 3.63) is 29.8 Å². The smallest absolute Gasteiger partial charge is 0.251 e. The second-order valence-electron chi connectivity index (χ2n) is 5.28. The van der Waals surface area contributed by atoms with Gasteiger partial charge in [0.15, 0.2) is 0 Å². The number of piperidine rings is 1. The lowest BCUT2D eigenvalue weighted by Crippen LogP contribution is -2.36. The second-order valence-corrected chi connectivity index (χ2v) is 5.28. The van der Waals surface area contributed by atoms with E-state index in [1.54, 1.807) is 0 Å². The standard InChI is InChI=1S/C15H23N3O2/c1-18-9-6-14(7-10-18)17-13-4-2-12(3-5-13)15(20)16-8-11-19/h2-5,14,17,19H,6-11H2,1H3,(H,16,20). The van der Waals surface area contributed by atoms with Crippen LogP contribution in [-0.4, -0.2) is 55.2 Å².